The third-order valence-corrected chi connectivity index (χ3v) is 3.06. The Hall–Kier alpha value is -1.55. The largest absolute Gasteiger partial charge is 0.465 e. The second-order valence-corrected chi connectivity index (χ2v) is 4.27. The standard InChI is InChI=1S/C13H18N2O2/c1-2-17-13(16)12-8-7-11(15-12)9-3-5-10(14)6-4-9/h3-6,11-12,15H,2,7-8,14H2,1H3/t11-,12+/m1/s1. The van der Waals surface area contributed by atoms with E-state index in [0.29, 0.717) is 6.61 Å². The lowest BCUT2D eigenvalue weighted by atomic mass is 10.1. The number of carbonyl (C=O) groups excluding carboxylic acids is 1. The van der Waals surface area contributed by atoms with Crippen LogP contribution in [-0.2, 0) is 9.53 Å². The molecule has 1 saturated heterocycles. The van der Waals surface area contributed by atoms with Crippen molar-refractivity contribution in [1.29, 1.82) is 0 Å². The first-order chi connectivity index (χ1) is 8.20. The van der Waals surface area contributed by atoms with Crippen LogP contribution >= 0.6 is 0 Å². The van der Waals surface area contributed by atoms with Crippen LogP contribution in [0, 0.1) is 0 Å². The average molecular weight is 234 g/mol. The molecule has 1 aromatic carbocycles. The average Bonchev–Trinajstić information content (AvgIpc) is 2.80. The molecular formula is C13H18N2O2. The summed E-state index contributed by atoms with van der Waals surface area (Å²) in [5.74, 6) is -0.148. The molecule has 0 amide bonds. The molecule has 4 nitrogen and oxygen atoms in total. The Balaban J connectivity index is 1.98. The minimum absolute atomic E-state index is 0.148. The van der Waals surface area contributed by atoms with Crippen molar-refractivity contribution in [3.63, 3.8) is 0 Å². The highest BCUT2D eigenvalue weighted by Crippen LogP contribution is 2.27. The third-order valence-electron chi connectivity index (χ3n) is 3.06. The molecule has 4 heteroatoms. The van der Waals surface area contributed by atoms with Gasteiger partial charge < -0.3 is 10.5 Å². The first-order valence-electron chi connectivity index (χ1n) is 5.99. The monoisotopic (exact) mass is 234 g/mol. The Morgan fingerprint density at radius 2 is 2.12 bits per heavy atom. The van der Waals surface area contributed by atoms with Gasteiger partial charge in [0.05, 0.1) is 6.61 Å². The van der Waals surface area contributed by atoms with E-state index in [0.717, 1.165) is 18.5 Å². The molecule has 0 radical (unpaired) electrons. The van der Waals surface area contributed by atoms with Gasteiger partial charge in [-0.2, -0.15) is 0 Å². The summed E-state index contributed by atoms with van der Waals surface area (Å²) in [7, 11) is 0. The Labute approximate surface area is 101 Å². The Kier molecular flexibility index (Phi) is 3.64. The zero-order valence-electron chi connectivity index (χ0n) is 9.98. The second kappa shape index (κ2) is 5.19. The van der Waals surface area contributed by atoms with Gasteiger partial charge in [-0.05, 0) is 37.5 Å². The number of rotatable bonds is 3. The first-order valence-corrected chi connectivity index (χ1v) is 5.99. The fraction of sp³-hybridized carbons (Fsp3) is 0.462. The van der Waals surface area contributed by atoms with Crippen LogP contribution in [0.2, 0.25) is 0 Å². The van der Waals surface area contributed by atoms with Crippen LogP contribution in [0.3, 0.4) is 0 Å². The van der Waals surface area contributed by atoms with Gasteiger partial charge in [0.1, 0.15) is 6.04 Å². The Morgan fingerprint density at radius 3 is 2.76 bits per heavy atom. The molecule has 92 valence electrons. The van der Waals surface area contributed by atoms with Crippen molar-refractivity contribution in [2.75, 3.05) is 12.3 Å². The lowest BCUT2D eigenvalue weighted by Crippen LogP contribution is -2.33. The molecule has 0 unspecified atom stereocenters. The maximum Gasteiger partial charge on any atom is 0.323 e. The topological polar surface area (TPSA) is 64.3 Å². The van der Waals surface area contributed by atoms with Crippen LogP contribution in [0.25, 0.3) is 0 Å². The van der Waals surface area contributed by atoms with E-state index in [1.165, 1.54) is 5.56 Å². The number of carbonyl (C=O) groups is 1. The minimum Gasteiger partial charge on any atom is -0.465 e. The van der Waals surface area contributed by atoms with Crippen LogP contribution in [0.1, 0.15) is 31.4 Å². The molecule has 2 atom stereocenters. The molecule has 0 aliphatic carbocycles. The van der Waals surface area contributed by atoms with Gasteiger partial charge in [-0.15, -0.1) is 0 Å². The molecule has 1 heterocycles. The van der Waals surface area contributed by atoms with E-state index in [1.807, 2.05) is 31.2 Å². The highest BCUT2D eigenvalue weighted by atomic mass is 16.5. The fourth-order valence-corrected chi connectivity index (χ4v) is 2.16. The van der Waals surface area contributed by atoms with Crippen LogP contribution in [0.4, 0.5) is 5.69 Å². The van der Waals surface area contributed by atoms with E-state index in [-0.39, 0.29) is 18.1 Å². The lowest BCUT2D eigenvalue weighted by molar-refractivity contribution is -0.145. The number of benzene rings is 1. The SMILES string of the molecule is CCOC(=O)[C@@H]1CC[C@H](c2ccc(N)cc2)N1. The molecule has 0 saturated carbocycles. The predicted octanol–water partition coefficient (Wildman–Crippen LogP) is 1.62. The van der Waals surface area contributed by atoms with Crippen LogP contribution in [0.15, 0.2) is 24.3 Å². The van der Waals surface area contributed by atoms with Gasteiger partial charge in [-0.25, -0.2) is 0 Å². The summed E-state index contributed by atoms with van der Waals surface area (Å²) in [4.78, 5) is 11.6. The maximum atomic E-state index is 11.6. The number of hydrogen-bond donors (Lipinski definition) is 2. The van der Waals surface area contributed by atoms with Crippen LogP contribution < -0.4 is 11.1 Å². The summed E-state index contributed by atoms with van der Waals surface area (Å²) in [5, 5.41) is 3.30. The number of esters is 1. The van der Waals surface area contributed by atoms with Crippen LogP contribution in [-0.4, -0.2) is 18.6 Å². The van der Waals surface area contributed by atoms with E-state index in [9.17, 15) is 4.79 Å². The van der Waals surface area contributed by atoms with Crippen molar-refractivity contribution >= 4 is 11.7 Å². The summed E-state index contributed by atoms with van der Waals surface area (Å²) < 4.78 is 5.01. The number of hydrogen-bond acceptors (Lipinski definition) is 4. The van der Waals surface area contributed by atoms with E-state index < -0.39 is 0 Å². The predicted molar refractivity (Wildman–Crippen MR) is 66.4 cm³/mol. The molecule has 1 aromatic rings. The lowest BCUT2D eigenvalue weighted by Gasteiger charge is -2.13. The van der Waals surface area contributed by atoms with Gasteiger partial charge in [0.25, 0.3) is 0 Å². The van der Waals surface area contributed by atoms with Crippen molar-refractivity contribution < 1.29 is 9.53 Å². The van der Waals surface area contributed by atoms with Gasteiger partial charge in [-0.1, -0.05) is 12.1 Å². The Bertz CT molecular complexity index is 389. The van der Waals surface area contributed by atoms with Gasteiger partial charge in [0.15, 0.2) is 0 Å². The van der Waals surface area contributed by atoms with Crippen molar-refractivity contribution in [1.82, 2.24) is 5.32 Å². The number of nitrogens with one attached hydrogen (secondary N) is 1. The van der Waals surface area contributed by atoms with Crippen molar-refractivity contribution in [3.05, 3.63) is 29.8 Å². The van der Waals surface area contributed by atoms with Crippen molar-refractivity contribution in [3.8, 4) is 0 Å². The molecular weight excluding hydrogens is 216 g/mol. The molecule has 0 aromatic heterocycles. The smallest absolute Gasteiger partial charge is 0.323 e. The highest BCUT2D eigenvalue weighted by molar-refractivity contribution is 5.76. The summed E-state index contributed by atoms with van der Waals surface area (Å²) in [6, 6.07) is 7.83. The quantitative estimate of drug-likeness (QED) is 0.616. The maximum absolute atomic E-state index is 11.6. The molecule has 3 N–H and O–H groups in total. The summed E-state index contributed by atoms with van der Waals surface area (Å²) in [6.07, 6.45) is 1.78. The van der Waals surface area contributed by atoms with Crippen LogP contribution in [0.5, 0.6) is 0 Å². The summed E-state index contributed by atoms with van der Waals surface area (Å²) in [5.41, 5.74) is 7.58. The molecule has 17 heavy (non-hydrogen) atoms. The van der Waals surface area contributed by atoms with Gasteiger partial charge in [0.2, 0.25) is 0 Å². The van der Waals surface area contributed by atoms with Gasteiger partial charge in [0, 0.05) is 11.7 Å². The van der Waals surface area contributed by atoms with Gasteiger partial charge >= 0.3 is 5.97 Å². The summed E-state index contributed by atoms with van der Waals surface area (Å²) in [6.45, 7) is 2.26. The van der Waals surface area contributed by atoms with E-state index in [2.05, 4.69) is 5.32 Å². The molecule has 2 rings (SSSR count). The normalized spacial score (nSPS) is 23.6. The number of nitrogens with two attached hydrogens (primary N) is 1. The number of anilines is 1. The molecule has 0 bridgehead atoms. The van der Waals surface area contributed by atoms with E-state index >= 15 is 0 Å². The van der Waals surface area contributed by atoms with Crippen molar-refractivity contribution in [2.24, 2.45) is 0 Å². The molecule has 0 spiro atoms. The first kappa shape index (κ1) is 11.9. The molecule has 1 fully saturated rings. The number of ether oxygens (including phenoxy) is 1. The Morgan fingerprint density at radius 1 is 1.41 bits per heavy atom. The van der Waals surface area contributed by atoms with E-state index in [1.54, 1.807) is 0 Å². The second-order valence-electron chi connectivity index (χ2n) is 4.27. The highest BCUT2D eigenvalue weighted by Gasteiger charge is 2.30. The third kappa shape index (κ3) is 2.77. The van der Waals surface area contributed by atoms with E-state index in [4.69, 9.17) is 10.5 Å². The zero-order valence-corrected chi connectivity index (χ0v) is 9.98. The zero-order chi connectivity index (χ0) is 12.3. The number of nitrogen functional groups attached to an aromatic ring is 1. The minimum atomic E-state index is -0.169. The molecule has 1 aliphatic heterocycles. The fourth-order valence-electron chi connectivity index (χ4n) is 2.16. The van der Waals surface area contributed by atoms with Gasteiger partial charge in [-0.3, -0.25) is 10.1 Å². The van der Waals surface area contributed by atoms with Crippen molar-refractivity contribution in [2.45, 2.75) is 31.8 Å². The molecule has 1 aliphatic rings. The summed E-state index contributed by atoms with van der Waals surface area (Å²) >= 11 is 0.